The number of ketones is 1. The molecule has 1 aromatic heterocycles. The van der Waals surface area contributed by atoms with Gasteiger partial charge in [0.15, 0.2) is 5.78 Å². The van der Waals surface area contributed by atoms with Crippen LogP contribution < -0.4 is 0 Å². The Balaban J connectivity index is 2.21. The molecule has 4 heteroatoms. The Morgan fingerprint density at radius 2 is 2.15 bits per heavy atom. The second-order valence-corrected chi connectivity index (χ2v) is 6.10. The average Bonchev–Trinajstić information content (AvgIpc) is 2.82. The maximum Gasteiger partial charge on any atom is 0.165 e. The van der Waals surface area contributed by atoms with Gasteiger partial charge in [-0.05, 0) is 46.5 Å². The molecule has 2 aromatic rings. The molecule has 102 valence electrons. The highest BCUT2D eigenvalue weighted by atomic mass is 79.9. The third-order valence-electron chi connectivity index (χ3n) is 3.64. The van der Waals surface area contributed by atoms with E-state index < -0.39 is 0 Å². The van der Waals surface area contributed by atoms with Crippen molar-refractivity contribution in [3.05, 3.63) is 50.6 Å². The summed E-state index contributed by atoms with van der Waals surface area (Å²) in [5.41, 5.74) is 4.57. The smallest absolute Gasteiger partial charge is 0.165 e. The lowest BCUT2D eigenvalue weighted by molar-refractivity contribution is 0.0993. The monoisotopic (exact) mass is 349 g/mol. The fourth-order valence-electron chi connectivity index (χ4n) is 2.66. The number of Topliss-reactive ketones (excluding diaryl/α,β-unsaturated/α-hetero) is 1. The molecule has 0 radical (unpaired) electrons. The summed E-state index contributed by atoms with van der Waals surface area (Å²) in [6, 6.07) is 7.81. The first-order valence-electron chi connectivity index (χ1n) is 6.62. The second kappa shape index (κ2) is 5.30. The third-order valence-corrected chi connectivity index (χ3v) is 4.94. The zero-order valence-corrected chi connectivity index (χ0v) is 13.4. The zero-order chi connectivity index (χ0) is 14.3. The molecule has 0 saturated carbocycles. The van der Waals surface area contributed by atoms with E-state index in [-0.39, 0.29) is 5.78 Å². The lowest BCUT2D eigenvalue weighted by Gasteiger charge is -2.11. The Morgan fingerprint density at radius 1 is 1.35 bits per heavy atom. The predicted molar refractivity (Wildman–Crippen MR) is 84.4 cm³/mol. The standard InChI is InChI=1S/C16H13BrClNO/c1-2-12-15-9(6-7-14(15)20)8-13(19-12)10-4-3-5-11(17)16(10)18/h3-5,8H,2,6-7H2,1H3. The number of halogens is 2. The number of aryl methyl sites for hydroxylation is 2. The van der Waals surface area contributed by atoms with Gasteiger partial charge in [-0.15, -0.1) is 0 Å². The Kier molecular flexibility index (Phi) is 3.65. The molecule has 0 amide bonds. The van der Waals surface area contributed by atoms with E-state index in [4.69, 9.17) is 11.6 Å². The van der Waals surface area contributed by atoms with Crippen molar-refractivity contribution in [3.63, 3.8) is 0 Å². The van der Waals surface area contributed by atoms with Crippen LogP contribution in [0.15, 0.2) is 28.7 Å². The van der Waals surface area contributed by atoms with E-state index >= 15 is 0 Å². The van der Waals surface area contributed by atoms with Crippen LogP contribution in [-0.2, 0) is 12.8 Å². The van der Waals surface area contributed by atoms with Crippen LogP contribution in [-0.4, -0.2) is 10.8 Å². The molecule has 0 bridgehead atoms. The van der Waals surface area contributed by atoms with Crippen molar-refractivity contribution < 1.29 is 4.79 Å². The van der Waals surface area contributed by atoms with Crippen LogP contribution in [0.3, 0.4) is 0 Å². The molecule has 0 spiro atoms. The van der Waals surface area contributed by atoms with Gasteiger partial charge in [-0.3, -0.25) is 9.78 Å². The highest BCUT2D eigenvalue weighted by Gasteiger charge is 2.24. The van der Waals surface area contributed by atoms with Gasteiger partial charge < -0.3 is 0 Å². The molecule has 0 unspecified atom stereocenters. The fourth-order valence-corrected chi connectivity index (χ4v) is 3.25. The number of nitrogens with zero attached hydrogens (tertiary/aromatic N) is 1. The first kappa shape index (κ1) is 13.8. The van der Waals surface area contributed by atoms with E-state index in [9.17, 15) is 4.79 Å². The Morgan fingerprint density at radius 3 is 2.90 bits per heavy atom. The van der Waals surface area contributed by atoms with Gasteiger partial charge in [0.1, 0.15) is 0 Å². The summed E-state index contributed by atoms with van der Waals surface area (Å²) in [5, 5.41) is 0.659. The first-order chi connectivity index (χ1) is 9.61. The summed E-state index contributed by atoms with van der Waals surface area (Å²) in [6.45, 7) is 2.03. The average molecular weight is 351 g/mol. The molecule has 0 aliphatic heterocycles. The fraction of sp³-hybridized carbons (Fsp3) is 0.250. The van der Waals surface area contributed by atoms with Gasteiger partial charge in [-0.1, -0.05) is 30.7 Å². The molecular formula is C16H13BrClNO. The maximum atomic E-state index is 11.9. The van der Waals surface area contributed by atoms with E-state index in [0.29, 0.717) is 11.4 Å². The lowest BCUT2D eigenvalue weighted by Crippen LogP contribution is -2.03. The quantitative estimate of drug-likeness (QED) is 0.774. The van der Waals surface area contributed by atoms with Crippen LogP contribution in [0.2, 0.25) is 5.02 Å². The van der Waals surface area contributed by atoms with Crippen LogP contribution in [0, 0.1) is 0 Å². The van der Waals surface area contributed by atoms with Gasteiger partial charge in [0.05, 0.1) is 16.4 Å². The molecule has 1 aromatic carbocycles. The number of hydrogen-bond acceptors (Lipinski definition) is 2. The largest absolute Gasteiger partial charge is 0.294 e. The minimum atomic E-state index is 0.219. The first-order valence-corrected chi connectivity index (χ1v) is 7.79. The predicted octanol–water partition coefficient (Wildman–Crippen LogP) is 4.86. The topological polar surface area (TPSA) is 30.0 Å². The molecular weight excluding hydrogens is 338 g/mol. The summed E-state index contributed by atoms with van der Waals surface area (Å²) in [7, 11) is 0. The molecule has 0 saturated heterocycles. The second-order valence-electron chi connectivity index (χ2n) is 4.87. The van der Waals surface area contributed by atoms with E-state index in [1.807, 2.05) is 31.2 Å². The Labute approximate surface area is 131 Å². The SMILES string of the molecule is CCc1nc(-c2cccc(Br)c2Cl)cc2c1C(=O)CC2. The molecule has 20 heavy (non-hydrogen) atoms. The van der Waals surface area contributed by atoms with Crippen molar-refractivity contribution in [2.24, 2.45) is 0 Å². The number of fused-ring (bicyclic) bond motifs is 1. The number of carbonyl (C=O) groups excluding carboxylic acids is 1. The van der Waals surface area contributed by atoms with Crippen molar-refractivity contribution in [2.45, 2.75) is 26.2 Å². The molecule has 0 atom stereocenters. The van der Waals surface area contributed by atoms with Crippen LogP contribution in [0.4, 0.5) is 0 Å². The van der Waals surface area contributed by atoms with Crippen molar-refractivity contribution in [1.29, 1.82) is 0 Å². The molecule has 0 N–H and O–H groups in total. The summed E-state index contributed by atoms with van der Waals surface area (Å²) >= 11 is 9.79. The highest BCUT2D eigenvalue weighted by Crippen LogP contribution is 2.35. The van der Waals surface area contributed by atoms with Crippen LogP contribution in [0.1, 0.15) is 35.0 Å². The molecule has 3 rings (SSSR count). The Bertz CT molecular complexity index is 712. The number of aromatic nitrogens is 1. The summed E-state index contributed by atoms with van der Waals surface area (Å²) < 4.78 is 0.855. The molecule has 1 aliphatic carbocycles. The normalized spacial score (nSPS) is 13.7. The molecule has 0 fully saturated rings. The van der Waals surface area contributed by atoms with Gasteiger partial charge >= 0.3 is 0 Å². The minimum Gasteiger partial charge on any atom is -0.294 e. The number of pyridine rings is 1. The van der Waals surface area contributed by atoms with Crippen LogP contribution in [0.25, 0.3) is 11.3 Å². The molecule has 2 nitrogen and oxygen atoms in total. The van der Waals surface area contributed by atoms with E-state index in [1.54, 1.807) is 0 Å². The van der Waals surface area contributed by atoms with Crippen LogP contribution >= 0.6 is 27.5 Å². The number of benzene rings is 1. The number of hydrogen-bond donors (Lipinski definition) is 0. The van der Waals surface area contributed by atoms with Crippen molar-refractivity contribution in [1.82, 2.24) is 4.98 Å². The Hall–Kier alpha value is -1.19. The summed E-state index contributed by atoms with van der Waals surface area (Å²) in [6.07, 6.45) is 2.16. The molecule has 1 heterocycles. The van der Waals surface area contributed by atoms with Gasteiger partial charge in [0.2, 0.25) is 0 Å². The van der Waals surface area contributed by atoms with Gasteiger partial charge in [-0.25, -0.2) is 0 Å². The summed E-state index contributed by atoms with van der Waals surface area (Å²) in [4.78, 5) is 16.6. The van der Waals surface area contributed by atoms with Gasteiger partial charge in [-0.2, -0.15) is 0 Å². The lowest BCUT2D eigenvalue weighted by atomic mass is 10.0. The van der Waals surface area contributed by atoms with Crippen LogP contribution in [0.5, 0.6) is 0 Å². The number of carbonyl (C=O) groups is 1. The summed E-state index contributed by atoms with van der Waals surface area (Å²) in [5.74, 6) is 0.219. The zero-order valence-electron chi connectivity index (χ0n) is 11.0. The van der Waals surface area contributed by atoms with Crippen molar-refractivity contribution in [2.75, 3.05) is 0 Å². The molecule has 1 aliphatic rings. The minimum absolute atomic E-state index is 0.219. The van der Waals surface area contributed by atoms with Crippen molar-refractivity contribution in [3.8, 4) is 11.3 Å². The van der Waals surface area contributed by atoms with Gasteiger partial charge in [0.25, 0.3) is 0 Å². The maximum absolute atomic E-state index is 11.9. The number of rotatable bonds is 2. The van der Waals surface area contributed by atoms with Gasteiger partial charge in [0, 0.05) is 22.0 Å². The van der Waals surface area contributed by atoms with E-state index in [1.165, 1.54) is 0 Å². The van der Waals surface area contributed by atoms with E-state index in [2.05, 4.69) is 20.9 Å². The van der Waals surface area contributed by atoms with Crippen molar-refractivity contribution >= 4 is 33.3 Å². The van der Waals surface area contributed by atoms with E-state index in [0.717, 1.165) is 45.4 Å². The highest BCUT2D eigenvalue weighted by molar-refractivity contribution is 9.10. The third kappa shape index (κ3) is 2.19.